The minimum absolute atomic E-state index is 0.252. The smallest absolute Gasteiger partial charge is 0.345 e. The fourth-order valence-corrected chi connectivity index (χ4v) is 3.27. The maximum absolute atomic E-state index is 12.7. The summed E-state index contributed by atoms with van der Waals surface area (Å²) < 4.78 is 16.1. The highest BCUT2D eigenvalue weighted by atomic mass is 16.7. The minimum Gasteiger partial charge on any atom is -0.497 e. The van der Waals surface area contributed by atoms with E-state index in [0.29, 0.717) is 29.1 Å². The lowest BCUT2D eigenvalue weighted by Gasteiger charge is -2.25. The molecule has 27 heavy (non-hydrogen) atoms. The monoisotopic (exact) mass is 362 g/mol. The van der Waals surface area contributed by atoms with Gasteiger partial charge in [0.15, 0.2) is 0 Å². The van der Waals surface area contributed by atoms with Crippen LogP contribution in [0.4, 0.5) is 0 Å². The van der Waals surface area contributed by atoms with Crippen LogP contribution in [0.25, 0.3) is 5.57 Å². The van der Waals surface area contributed by atoms with Gasteiger partial charge < -0.3 is 19.0 Å². The van der Waals surface area contributed by atoms with Gasteiger partial charge in [0.05, 0.1) is 13.4 Å². The molecule has 2 aromatic carbocycles. The Labute approximate surface area is 156 Å². The predicted octanol–water partition coefficient (Wildman–Crippen LogP) is 3.69. The van der Waals surface area contributed by atoms with Gasteiger partial charge in [-0.25, -0.2) is 4.79 Å². The molecule has 0 aliphatic carbocycles. The van der Waals surface area contributed by atoms with Crippen molar-refractivity contribution in [3.63, 3.8) is 0 Å². The van der Waals surface area contributed by atoms with Gasteiger partial charge in [-0.3, -0.25) is 0 Å². The molecule has 1 atom stereocenters. The molecule has 0 spiro atoms. The van der Waals surface area contributed by atoms with Gasteiger partial charge in [0.1, 0.15) is 17.1 Å². The summed E-state index contributed by atoms with van der Waals surface area (Å²) in [5, 5.41) is 11.4. The van der Waals surface area contributed by atoms with E-state index in [0.717, 1.165) is 5.56 Å². The highest BCUT2D eigenvalue weighted by Gasteiger charge is 2.48. The van der Waals surface area contributed by atoms with Crippen LogP contribution in [-0.4, -0.2) is 18.2 Å². The number of benzene rings is 2. The summed E-state index contributed by atoms with van der Waals surface area (Å²) in [7, 11) is 1.56. The summed E-state index contributed by atoms with van der Waals surface area (Å²) in [5.74, 6) is -1.47. The van der Waals surface area contributed by atoms with E-state index in [1.54, 1.807) is 43.5 Å². The second-order valence-corrected chi connectivity index (χ2v) is 6.26. The first-order valence-electron chi connectivity index (χ1n) is 8.53. The Morgan fingerprint density at radius 3 is 2.37 bits per heavy atom. The molecule has 0 saturated heterocycles. The number of carbonyl (C=O) groups excluding carboxylic acids is 1. The number of esters is 1. The molecule has 1 aromatic heterocycles. The van der Waals surface area contributed by atoms with Crippen molar-refractivity contribution in [2.45, 2.75) is 12.2 Å². The molecule has 1 N–H and O–H groups in total. The maximum atomic E-state index is 12.7. The van der Waals surface area contributed by atoms with Crippen molar-refractivity contribution in [3.05, 3.63) is 95.5 Å². The lowest BCUT2D eigenvalue weighted by Crippen LogP contribution is -2.29. The molecule has 5 heteroatoms. The molecule has 3 aromatic rings. The predicted molar refractivity (Wildman–Crippen MR) is 98.8 cm³/mol. The third kappa shape index (κ3) is 3.02. The van der Waals surface area contributed by atoms with Crippen LogP contribution in [-0.2, 0) is 21.7 Å². The molecule has 4 rings (SSSR count). The van der Waals surface area contributed by atoms with Gasteiger partial charge in [0, 0.05) is 17.6 Å². The Balaban J connectivity index is 1.86. The van der Waals surface area contributed by atoms with Gasteiger partial charge >= 0.3 is 5.97 Å². The largest absolute Gasteiger partial charge is 0.497 e. The zero-order valence-corrected chi connectivity index (χ0v) is 14.7. The van der Waals surface area contributed by atoms with Crippen molar-refractivity contribution in [2.24, 2.45) is 0 Å². The fraction of sp³-hybridized carbons (Fsp3) is 0.136. The van der Waals surface area contributed by atoms with E-state index in [1.807, 2.05) is 30.3 Å². The molecular formula is C22H18O5. The molecule has 2 heterocycles. The van der Waals surface area contributed by atoms with Gasteiger partial charge in [-0.15, -0.1) is 0 Å². The average Bonchev–Trinajstić information content (AvgIpc) is 3.30. The third-order valence-corrected chi connectivity index (χ3v) is 4.63. The fourth-order valence-electron chi connectivity index (χ4n) is 3.27. The van der Waals surface area contributed by atoms with Gasteiger partial charge in [0.25, 0.3) is 5.79 Å². The lowest BCUT2D eigenvalue weighted by atomic mass is 9.89. The molecular weight excluding hydrogens is 344 g/mol. The number of carbonyl (C=O) groups is 1. The lowest BCUT2D eigenvalue weighted by molar-refractivity contribution is -0.185. The van der Waals surface area contributed by atoms with Gasteiger partial charge in [0.2, 0.25) is 0 Å². The molecule has 0 saturated carbocycles. The summed E-state index contributed by atoms with van der Waals surface area (Å²) in [6.45, 7) is 0. The van der Waals surface area contributed by atoms with Crippen LogP contribution in [0, 0.1) is 0 Å². The first kappa shape index (κ1) is 17.1. The summed E-state index contributed by atoms with van der Waals surface area (Å²) in [5.41, 5.74) is 2.09. The number of hydrogen-bond donors (Lipinski definition) is 1. The van der Waals surface area contributed by atoms with E-state index >= 15 is 0 Å². The highest BCUT2D eigenvalue weighted by Crippen LogP contribution is 2.44. The topological polar surface area (TPSA) is 68.9 Å². The Hall–Kier alpha value is -3.31. The van der Waals surface area contributed by atoms with Crippen LogP contribution in [0.2, 0.25) is 0 Å². The molecule has 0 fully saturated rings. The zero-order chi connectivity index (χ0) is 18.9. The van der Waals surface area contributed by atoms with Gasteiger partial charge in [-0.1, -0.05) is 30.3 Å². The van der Waals surface area contributed by atoms with Crippen LogP contribution in [0.3, 0.4) is 0 Å². The molecule has 0 amide bonds. The van der Waals surface area contributed by atoms with Crippen LogP contribution in [0.1, 0.15) is 16.9 Å². The number of furan rings is 1. The van der Waals surface area contributed by atoms with Crippen LogP contribution >= 0.6 is 0 Å². The van der Waals surface area contributed by atoms with Crippen LogP contribution in [0.15, 0.2) is 83.0 Å². The van der Waals surface area contributed by atoms with Crippen molar-refractivity contribution in [1.29, 1.82) is 0 Å². The van der Waals surface area contributed by atoms with Crippen molar-refractivity contribution < 1.29 is 23.8 Å². The molecule has 1 aliphatic heterocycles. The summed E-state index contributed by atoms with van der Waals surface area (Å²) in [6, 6.07) is 19.8. The van der Waals surface area contributed by atoms with Crippen molar-refractivity contribution in [3.8, 4) is 5.75 Å². The van der Waals surface area contributed by atoms with Crippen LogP contribution in [0.5, 0.6) is 5.75 Å². The Morgan fingerprint density at radius 2 is 1.74 bits per heavy atom. The number of aliphatic hydroxyl groups is 1. The van der Waals surface area contributed by atoms with E-state index in [4.69, 9.17) is 13.9 Å². The summed E-state index contributed by atoms with van der Waals surface area (Å²) in [6.07, 6.45) is 1.83. The average molecular weight is 362 g/mol. The van der Waals surface area contributed by atoms with Gasteiger partial charge in [-0.2, -0.15) is 0 Å². The van der Waals surface area contributed by atoms with Crippen LogP contribution < -0.4 is 4.74 Å². The van der Waals surface area contributed by atoms with Crippen molar-refractivity contribution in [2.75, 3.05) is 7.11 Å². The molecule has 1 unspecified atom stereocenters. The quantitative estimate of drug-likeness (QED) is 0.701. The number of methoxy groups -OCH3 is 1. The van der Waals surface area contributed by atoms with E-state index in [2.05, 4.69) is 0 Å². The zero-order valence-electron chi connectivity index (χ0n) is 14.7. The molecule has 5 nitrogen and oxygen atoms in total. The number of hydrogen-bond acceptors (Lipinski definition) is 5. The normalized spacial score (nSPS) is 19.3. The Morgan fingerprint density at radius 1 is 1.00 bits per heavy atom. The second-order valence-electron chi connectivity index (χ2n) is 6.26. The summed E-state index contributed by atoms with van der Waals surface area (Å²) >= 11 is 0. The van der Waals surface area contributed by atoms with E-state index < -0.39 is 11.8 Å². The Bertz CT molecular complexity index is 971. The molecule has 0 radical (unpaired) electrons. The van der Waals surface area contributed by atoms with Crippen molar-refractivity contribution in [1.82, 2.24) is 0 Å². The second kappa shape index (κ2) is 6.78. The van der Waals surface area contributed by atoms with E-state index in [-0.39, 0.29) is 5.57 Å². The number of rotatable bonds is 5. The standard InChI is InChI=1S/C22H18O5/c1-25-17-11-9-16(10-12-17)22(24)18(14-15-6-3-2-4-7-15)20(21(23)27-22)19-8-5-13-26-19/h2-13,24H,14H2,1H3. The molecule has 0 bridgehead atoms. The highest BCUT2D eigenvalue weighted by molar-refractivity contribution is 6.19. The van der Waals surface area contributed by atoms with Crippen molar-refractivity contribution >= 4 is 11.5 Å². The number of ether oxygens (including phenoxy) is 2. The maximum Gasteiger partial charge on any atom is 0.345 e. The van der Waals surface area contributed by atoms with Gasteiger partial charge in [-0.05, 0) is 42.0 Å². The minimum atomic E-state index is -1.87. The molecule has 1 aliphatic rings. The Kier molecular flexibility index (Phi) is 4.30. The SMILES string of the molecule is COc1ccc(C2(O)OC(=O)C(c3ccco3)=C2Cc2ccccc2)cc1. The first-order chi connectivity index (χ1) is 13.1. The molecule has 136 valence electrons. The third-order valence-electron chi connectivity index (χ3n) is 4.63. The summed E-state index contributed by atoms with van der Waals surface area (Å²) in [4.78, 5) is 12.7. The first-order valence-corrected chi connectivity index (χ1v) is 8.53. The number of cyclic esters (lactones) is 1. The van der Waals surface area contributed by atoms with E-state index in [9.17, 15) is 9.90 Å². The van der Waals surface area contributed by atoms with E-state index in [1.165, 1.54) is 6.26 Å².